The van der Waals surface area contributed by atoms with Gasteiger partial charge in [0.15, 0.2) is 0 Å². The van der Waals surface area contributed by atoms with Gasteiger partial charge in [0.05, 0.1) is 11.5 Å². The monoisotopic (exact) mass is 227 g/mol. The van der Waals surface area contributed by atoms with Crippen LogP contribution in [0.25, 0.3) is 0 Å². The van der Waals surface area contributed by atoms with Crippen molar-refractivity contribution < 1.29 is 13.2 Å². The van der Waals surface area contributed by atoms with E-state index in [9.17, 15) is 8.42 Å². The van der Waals surface area contributed by atoms with E-state index in [2.05, 4.69) is 0 Å². The zero-order valence-electron chi connectivity index (χ0n) is 8.65. The first-order chi connectivity index (χ1) is 6.81. The van der Waals surface area contributed by atoms with Gasteiger partial charge >= 0.3 is 0 Å². The van der Waals surface area contributed by atoms with Gasteiger partial charge in [-0.2, -0.15) is 0 Å². The number of sulfonamides is 1. The highest BCUT2D eigenvalue weighted by molar-refractivity contribution is 7.89. The largest absolute Gasteiger partial charge is 0.492 e. The number of nitrogens with two attached hydrogens (primary N) is 1. The maximum Gasteiger partial charge on any atom is 0.238 e. The third-order valence-corrected chi connectivity index (χ3v) is 3.51. The van der Waals surface area contributed by atoms with Crippen LogP contribution < -0.4 is 9.88 Å². The molecule has 0 amide bonds. The molecule has 0 fully saturated rings. The van der Waals surface area contributed by atoms with E-state index in [1.54, 1.807) is 12.1 Å². The molecule has 82 valence electrons. The van der Waals surface area contributed by atoms with Crippen molar-refractivity contribution in [2.75, 3.05) is 6.61 Å². The molecule has 1 heterocycles. The average molecular weight is 227 g/mol. The Morgan fingerprint density at radius 1 is 1.40 bits per heavy atom. The number of fused-ring (bicyclic) bond motifs is 1. The molecule has 0 aromatic heterocycles. The minimum absolute atomic E-state index is 0.139. The minimum atomic E-state index is -3.63. The molecule has 1 aromatic carbocycles. The summed E-state index contributed by atoms with van der Waals surface area (Å²) in [6, 6.07) is 4.72. The highest BCUT2D eigenvalue weighted by atomic mass is 32.2. The second kappa shape index (κ2) is 2.96. The summed E-state index contributed by atoms with van der Waals surface area (Å²) < 4.78 is 27.8. The summed E-state index contributed by atoms with van der Waals surface area (Å²) in [4.78, 5) is 0.139. The molecule has 2 rings (SSSR count). The standard InChI is InChI=1S/C10H13NO3S/c1-10(2)6-14-9-4-3-7(5-8(9)10)15(11,12)13/h3-5H,6H2,1-2H3,(H2,11,12,13). The Balaban J connectivity index is 2.61. The van der Waals surface area contributed by atoms with Crippen LogP contribution in [0.4, 0.5) is 0 Å². The molecule has 0 saturated heterocycles. The van der Waals surface area contributed by atoms with Crippen LogP contribution in [0.3, 0.4) is 0 Å². The highest BCUT2D eigenvalue weighted by Gasteiger charge is 2.32. The Morgan fingerprint density at radius 3 is 2.67 bits per heavy atom. The lowest BCUT2D eigenvalue weighted by Gasteiger charge is -2.15. The normalized spacial score (nSPS) is 18.3. The van der Waals surface area contributed by atoms with E-state index in [0.717, 1.165) is 11.3 Å². The predicted molar refractivity (Wildman–Crippen MR) is 56.3 cm³/mol. The Hall–Kier alpha value is -1.07. The lowest BCUT2D eigenvalue weighted by Crippen LogP contribution is -2.19. The fourth-order valence-electron chi connectivity index (χ4n) is 1.68. The Labute approximate surface area is 89.1 Å². The summed E-state index contributed by atoms with van der Waals surface area (Å²) in [5.41, 5.74) is 0.741. The number of primary sulfonamides is 1. The molecular weight excluding hydrogens is 214 g/mol. The summed E-state index contributed by atoms with van der Waals surface area (Å²) >= 11 is 0. The van der Waals surface area contributed by atoms with E-state index in [4.69, 9.17) is 9.88 Å². The first-order valence-electron chi connectivity index (χ1n) is 4.61. The average Bonchev–Trinajstić information content (AvgIpc) is 2.41. The van der Waals surface area contributed by atoms with Crippen molar-refractivity contribution in [3.05, 3.63) is 23.8 Å². The molecule has 2 N–H and O–H groups in total. The quantitative estimate of drug-likeness (QED) is 0.778. The van der Waals surface area contributed by atoms with Crippen molar-refractivity contribution in [3.8, 4) is 5.75 Å². The van der Waals surface area contributed by atoms with Crippen molar-refractivity contribution in [3.63, 3.8) is 0 Å². The predicted octanol–water partition coefficient (Wildman–Crippen LogP) is 1.00. The lowest BCUT2D eigenvalue weighted by molar-refractivity contribution is 0.291. The van der Waals surface area contributed by atoms with Gasteiger partial charge < -0.3 is 4.74 Å². The van der Waals surface area contributed by atoms with Crippen LogP contribution >= 0.6 is 0 Å². The lowest BCUT2D eigenvalue weighted by atomic mass is 9.87. The maximum absolute atomic E-state index is 11.2. The molecule has 5 heteroatoms. The van der Waals surface area contributed by atoms with Crippen molar-refractivity contribution >= 4 is 10.0 Å². The van der Waals surface area contributed by atoms with Gasteiger partial charge in [0.25, 0.3) is 0 Å². The number of hydrogen-bond acceptors (Lipinski definition) is 3. The van der Waals surface area contributed by atoms with Gasteiger partial charge in [-0.15, -0.1) is 0 Å². The van der Waals surface area contributed by atoms with Crippen molar-refractivity contribution in [1.29, 1.82) is 0 Å². The van der Waals surface area contributed by atoms with E-state index in [0.29, 0.717) is 6.61 Å². The molecule has 15 heavy (non-hydrogen) atoms. The molecule has 4 nitrogen and oxygen atoms in total. The Kier molecular flexibility index (Phi) is 2.06. The highest BCUT2D eigenvalue weighted by Crippen LogP contribution is 2.39. The van der Waals surface area contributed by atoms with Crippen LogP contribution in [0, 0.1) is 0 Å². The zero-order valence-corrected chi connectivity index (χ0v) is 9.47. The third kappa shape index (κ3) is 1.72. The molecule has 0 unspecified atom stereocenters. The van der Waals surface area contributed by atoms with Crippen LogP contribution in [0.2, 0.25) is 0 Å². The van der Waals surface area contributed by atoms with E-state index in [-0.39, 0.29) is 10.3 Å². The summed E-state index contributed by atoms with van der Waals surface area (Å²) in [7, 11) is -3.63. The molecule has 1 aliphatic rings. The first kappa shape index (κ1) is 10.4. The smallest absolute Gasteiger partial charge is 0.238 e. The van der Waals surface area contributed by atoms with Crippen LogP contribution in [-0.2, 0) is 15.4 Å². The van der Waals surface area contributed by atoms with Crippen molar-refractivity contribution in [1.82, 2.24) is 0 Å². The van der Waals surface area contributed by atoms with Gasteiger partial charge in [-0.25, -0.2) is 13.6 Å². The molecule has 0 spiro atoms. The van der Waals surface area contributed by atoms with E-state index in [1.807, 2.05) is 13.8 Å². The number of ether oxygens (including phenoxy) is 1. The molecule has 0 aliphatic carbocycles. The van der Waals surface area contributed by atoms with Gasteiger partial charge in [0, 0.05) is 11.0 Å². The number of hydrogen-bond donors (Lipinski definition) is 1. The SMILES string of the molecule is CC1(C)COc2ccc(S(N)(=O)=O)cc21. The van der Waals surface area contributed by atoms with Gasteiger partial charge in [0.2, 0.25) is 10.0 Å². The molecular formula is C10H13NO3S. The summed E-state index contributed by atoms with van der Waals surface area (Å²) in [6.07, 6.45) is 0. The van der Waals surface area contributed by atoms with Crippen LogP contribution in [0.1, 0.15) is 19.4 Å². The van der Waals surface area contributed by atoms with Gasteiger partial charge in [-0.1, -0.05) is 13.8 Å². The fourth-order valence-corrected chi connectivity index (χ4v) is 2.22. The second-order valence-corrected chi connectivity index (χ2v) is 5.94. The zero-order chi connectivity index (χ0) is 11.3. The van der Waals surface area contributed by atoms with Crippen LogP contribution in [0.15, 0.2) is 23.1 Å². The van der Waals surface area contributed by atoms with E-state index >= 15 is 0 Å². The van der Waals surface area contributed by atoms with Gasteiger partial charge in [-0.3, -0.25) is 0 Å². The number of rotatable bonds is 1. The maximum atomic E-state index is 11.2. The topological polar surface area (TPSA) is 69.4 Å². The molecule has 0 bridgehead atoms. The molecule has 1 aliphatic heterocycles. The minimum Gasteiger partial charge on any atom is -0.492 e. The first-order valence-corrected chi connectivity index (χ1v) is 6.15. The Bertz CT molecular complexity index is 505. The van der Waals surface area contributed by atoms with E-state index < -0.39 is 10.0 Å². The van der Waals surface area contributed by atoms with Crippen molar-refractivity contribution in [2.45, 2.75) is 24.2 Å². The summed E-state index contributed by atoms with van der Waals surface area (Å²) in [5, 5.41) is 5.07. The van der Waals surface area contributed by atoms with Crippen molar-refractivity contribution in [2.24, 2.45) is 5.14 Å². The second-order valence-electron chi connectivity index (χ2n) is 4.38. The molecule has 0 saturated carbocycles. The summed E-state index contributed by atoms with van der Waals surface area (Å²) in [5.74, 6) is 0.743. The van der Waals surface area contributed by atoms with E-state index in [1.165, 1.54) is 6.07 Å². The Morgan fingerprint density at radius 2 is 2.07 bits per heavy atom. The fraction of sp³-hybridized carbons (Fsp3) is 0.400. The van der Waals surface area contributed by atoms with Crippen LogP contribution in [0.5, 0.6) is 5.75 Å². The van der Waals surface area contributed by atoms with Gasteiger partial charge in [0.1, 0.15) is 5.75 Å². The summed E-state index contributed by atoms with van der Waals surface area (Å²) in [6.45, 7) is 4.58. The van der Waals surface area contributed by atoms with Gasteiger partial charge in [-0.05, 0) is 18.2 Å². The number of benzene rings is 1. The molecule has 0 atom stereocenters. The molecule has 1 aromatic rings. The third-order valence-electron chi connectivity index (χ3n) is 2.60. The molecule has 0 radical (unpaired) electrons. The van der Waals surface area contributed by atoms with Crippen LogP contribution in [-0.4, -0.2) is 15.0 Å².